The molecule has 0 aromatic heterocycles. The molecule has 1 fully saturated rings. The molecule has 1 saturated carbocycles. The molecular weight excluding hydrogens is 274 g/mol. The molecule has 0 radical (unpaired) electrons. The van der Waals surface area contributed by atoms with E-state index < -0.39 is 0 Å². The number of aliphatic imine (C=N–C) groups is 1. The second kappa shape index (κ2) is 7.92. The fourth-order valence-corrected chi connectivity index (χ4v) is 2.93. The lowest BCUT2D eigenvalue weighted by molar-refractivity contribution is -0.115. The number of aliphatic hydroxyl groups is 1. The number of aliphatic hydroxyl groups excluding tert-OH is 1. The summed E-state index contributed by atoms with van der Waals surface area (Å²) in [6.07, 6.45) is 3.50. The van der Waals surface area contributed by atoms with Crippen LogP contribution in [0.2, 0.25) is 0 Å². The van der Waals surface area contributed by atoms with E-state index >= 15 is 0 Å². The molecule has 0 aliphatic heterocycles. The molecule has 0 saturated heterocycles. The van der Waals surface area contributed by atoms with Crippen molar-refractivity contribution in [2.24, 2.45) is 4.99 Å². The van der Waals surface area contributed by atoms with Gasteiger partial charge in [-0.2, -0.15) is 0 Å². The highest BCUT2D eigenvalue weighted by molar-refractivity contribution is 6.24. The lowest BCUT2D eigenvalue weighted by Crippen LogP contribution is -2.27. The lowest BCUT2D eigenvalue weighted by Gasteiger charge is -2.26. The van der Waals surface area contributed by atoms with Gasteiger partial charge < -0.3 is 5.11 Å². The molecule has 1 unspecified atom stereocenters. The molecular formula is C19H25NO2. The van der Waals surface area contributed by atoms with Crippen molar-refractivity contribution in [3.63, 3.8) is 0 Å². The number of nitrogens with zero attached hydrogens (tertiary/aromatic N) is 1. The van der Waals surface area contributed by atoms with Gasteiger partial charge in [-0.25, -0.2) is 0 Å². The van der Waals surface area contributed by atoms with E-state index in [4.69, 9.17) is 0 Å². The minimum atomic E-state index is 0.0286. The second-order valence-electron chi connectivity index (χ2n) is 5.84. The van der Waals surface area contributed by atoms with Crippen LogP contribution >= 0.6 is 0 Å². The summed E-state index contributed by atoms with van der Waals surface area (Å²) in [7, 11) is 0. The van der Waals surface area contributed by atoms with Crippen LogP contribution in [0, 0.1) is 0 Å². The Labute approximate surface area is 132 Å². The fourth-order valence-electron chi connectivity index (χ4n) is 2.93. The van der Waals surface area contributed by atoms with Gasteiger partial charge in [0.05, 0.1) is 5.57 Å². The van der Waals surface area contributed by atoms with Crippen LogP contribution in [0.25, 0.3) is 0 Å². The summed E-state index contributed by atoms with van der Waals surface area (Å²) in [5.41, 5.74) is 2.45. The first-order valence-electron chi connectivity index (χ1n) is 8.21. The normalized spacial score (nSPS) is 22.9. The third-order valence-corrected chi connectivity index (χ3v) is 4.01. The highest BCUT2D eigenvalue weighted by Crippen LogP contribution is 2.33. The molecule has 3 heteroatoms. The van der Waals surface area contributed by atoms with Crippen molar-refractivity contribution in [1.29, 1.82) is 0 Å². The zero-order valence-corrected chi connectivity index (χ0v) is 13.5. The first-order chi connectivity index (χ1) is 10.7. The summed E-state index contributed by atoms with van der Waals surface area (Å²) in [6, 6.07) is 10.1. The molecule has 1 aliphatic carbocycles. The molecule has 1 atom stereocenters. The highest BCUT2D eigenvalue weighted by atomic mass is 16.3. The van der Waals surface area contributed by atoms with Crippen LogP contribution in [0.5, 0.6) is 0 Å². The van der Waals surface area contributed by atoms with Gasteiger partial charge in [0, 0.05) is 25.1 Å². The van der Waals surface area contributed by atoms with E-state index in [1.807, 2.05) is 25.1 Å². The molecule has 0 heterocycles. The smallest absolute Gasteiger partial charge is 0.168 e. The summed E-state index contributed by atoms with van der Waals surface area (Å²) in [5, 5.41) is 10.2. The summed E-state index contributed by atoms with van der Waals surface area (Å²) < 4.78 is 0. The van der Waals surface area contributed by atoms with Gasteiger partial charge in [0.25, 0.3) is 0 Å². The van der Waals surface area contributed by atoms with E-state index in [0.29, 0.717) is 25.0 Å². The monoisotopic (exact) mass is 299 g/mol. The van der Waals surface area contributed by atoms with Crippen molar-refractivity contribution in [1.82, 2.24) is 0 Å². The van der Waals surface area contributed by atoms with Crippen molar-refractivity contribution in [2.45, 2.75) is 51.9 Å². The summed E-state index contributed by atoms with van der Waals surface area (Å²) in [4.78, 5) is 17.2. The third kappa shape index (κ3) is 3.85. The summed E-state index contributed by atoms with van der Waals surface area (Å²) in [6.45, 7) is 4.77. The maximum absolute atomic E-state index is 12.6. The summed E-state index contributed by atoms with van der Waals surface area (Å²) >= 11 is 0. The minimum Gasteiger partial charge on any atom is -0.511 e. The highest BCUT2D eigenvalue weighted by Gasteiger charge is 2.31. The minimum absolute atomic E-state index is 0.0286. The van der Waals surface area contributed by atoms with E-state index in [-0.39, 0.29) is 17.5 Å². The van der Waals surface area contributed by atoms with Crippen LogP contribution in [0.3, 0.4) is 0 Å². The van der Waals surface area contributed by atoms with Gasteiger partial charge in [-0.1, -0.05) is 44.2 Å². The van der Waals surface area contributed by atoms with E-state index in [1.165, 1.54) is 5.56 Å². The molecule has 1 N–H and O–H groups in total. The van der Waals surface area contributed by atoms with E-state index in [0.717, 1.165) is 25.0 Å². The number of rotatable bonds is 5. The van der Waals surface area contributed by atoms with Crippen LogP contribution < -0.4 is 0 Å². The van der Waals surface area contributed by atoms with Crippen molar-refractivity contribution in [3.8, 4) is 0 Å². The predicted molar refractivity (Wildman–Crippen MR) is 90.6 cm³/mol. The number of Topliss-reactive ketones (excluding diaryl/α,β-unsaturated/α-hetero) is 1. The average molecular weight is 299 g/mol. The Morgan fingerprint density at radius 1 is 1.18 bits per heavy atom. The predicted octanol–water partition coefficient (Wildman–Crippen LogP) is 4.60. The number of allylic oxidation sites excluding steroid dienone is 2. The molecule has 1 aromatic carbocycles. The number of carbonyl (C=O) groups excluding carboxylic acids is 1. The first-order valence-corrected chi connectivity index (χ1v) is 8.21. The number of carbonyl (C=O) groups is 1. The average Bonchev–Trinajstić information content (AvgIpc) is 2.53. The van der Waals surface area contributed by atoms with Crippen molar-refractivity contribution in [3.05, 3.63) is 47.2 Å². The fraction of sp³-hybridized carbons (Fsp3) is 0.474. The summed E-state index contributed by atoms with van der Waals surface area (Å²) in [5.74, 6) is 0.414. The zero-order valence-electron chi connectivity index (χ0n) is 13.5. The maximum atomic E-state index is 12.6. The Hall–Kier alpha value is -1.90. The number of benzene rings is 1. The molecule has 118 valence electrons. The molecule has 0 amide bonds. The Balaban J connectivity index is 2.33. The van der Waals surface area contributed by atoms with Crippen LogP contribution in [-0.2, 0) is 4.79 Å². The van der Waals surface area contributed by atoms with Gasteiger partial charge in [0.1, 0.15) is 5.76 Å². The Bertz CT molecular complexity index is 572. The molecule has 22 heavy (non-hydrogen) atoms. The lowest BCUT2D eigenvalue weighted by atomic mass is 9.78. The van der Waals surface area contributed by atoms with Crippen LogP contribution in [0.1, 0.15) is 57.4 Å². The van der Waals surface area contributed by atoms with Crippen molar-refractivity contribution >= 4 is 11.5 Å². The molecule has 2 rings (SSSR count). The topological polar surface area (TPSA) is 49.7 Å². The van der Waals surface area contributed by atoms with Crippen molar-refractivity contribution in [2.75, 3.05) is 6.54 Å². The zero-order chi connectivity index (χ0) is 15.9. The Kier molecular flexibility index (Phi) is 5.93. The Morgan fingerprint density at radius 2 is 1.91 bits per heavy atom. The Morgan fingerprint density at radius 3 is 2.55 bits per heavy atom. The van der Waals surface area contributed by atoms with Crippen LogP contribution in [0.4, 0.5) is 0 Å². The van der Waals surface area contributed by atoms with Crippen LogP contribution in [0.15, 0.2) is 46.7 Å². The quantitative estimate of drug-likeness (QED) is 0.638. The molecule has 1 aliphatic rings. The molecule has 3 nitrogen and oxygen atoms in total. The molecule has 0 bridgehead atoms. The maximum Gasteiger partial charge on any atom is 0.168 e. The molecule has 0 spiro atoms. The van der Waals surface area contributed by atoms with Crippen LogP contribution in [-0.4, -0.2) is 23.1 Å². The number of ketones is 1. The van der Waals surface area contributed by atoms with Gasteiger partial charge in [-0.05, 0) is 30.7 Å². The van der Waals surface area contributed by atoms with Crippen molar-refractivity contribution < 1.29 is 9.90 Å². The standard InChI is InChI=1S/C19H25NO2/c1-3-8-17(21)19-16(20-11-4-2)12-15(13-18(19)22)14-9-6-5-7-10-14/h5-7,9-10,15,21H,3-4,8,11-13H2,1-2H3. The van der Waals surface area contributed by atoms with Gasteiger partial charge in [-0.3, -0.25) is 9.79 Å². The van der Waals surface area contributed by atoms with Gasteiger partial charge in [0.15, 0.2) is 5.78 Å². The number of hydrogen-bond acceptors (Lipinski definition) is 3. The van der Waals surface area contributed by atoms with E-state index in [1.54, 1.807) is 0 Å². The molecule has 1 aromatic rings. The SMILES string of the molecule is CCCN=C1CC(c2ccccc2)CC(=O)C1=C(O)CCC. The van der Waals surface area contributed by atoms with Gasteiger partial charge in [0.2, 0.25) is 0 Å². The largest absolute Gasteiger partial charge is 0.511 e. The van der Waals surface area contributed by atoms with E-state index in [2.05, 4.69) is 24.0 Å². The van der Waals surface area contributed by atoms with Gasteiger partial charge >= 0.3 is 0 Å². The third-order valence-electron chi connectivity index (χ3n) is 4.01. The number of hydrogen-bond donors (Lipinski definition) is 1. The first kappa shape index (κ1) is 16.5. The van der Waals surface area contributed by atoms with Gasteiger partial charge in [-0.15, -0.1) is 0 Å². The van der Waals surface area contributed by atoms with E-state index in [9.17, 15) is 9.90 Å². The second-order valence-corrected chi connectivity index (χ2v) is 5.84.